The molecule has 0 radical (unpaired) electrons. The first-order valence-electron chi connectivity index (χ1n) is 10.0. The lowest BCUT2D eigenvalue weighted by Crippen LogP contribution is -2.55. The molecule has 6 nitrogen and oxygen atoms in total. The van der Waals surface area contributed by atoms with Crippen LogP contribution in [0.5, 0.6) is 0 Å². The predicted molar refractivity (Wildman–Crippen MR) is 107 cm³/mol. The summed E-state index contributed by atoms with van der Waals surface area (Å²) in [5.74, 6) is 1.57. The Bertz CT molecular complexity index is 924. The number of aromatic amines is 1. The number of hydrogen-bond donors (Lipinski definition) is 3. The molecule has 0 saturated heterocycles. The van der Waals surface area contributed by atoms with Crippen LogP contribution in [0.4, 0.5) is 0 Å². The summed E-state index contributed by atoms with van der Waals surface area (Å²) in [4.78, 5) is 9.32. The molecule has 2 aromatic rings. The maximum atomic E-state index is 11.1. The minimum atomic E-state index is -0.781. The van der Waals surface area contributed by atoms with Crippen molar-refractivity contribution in [3.05, 3.63) is 24.0 Å². The summed E-state index contributed by atoms with van der Waals surface area (Å²) in [6.07, 6.45) is 7.38. The van der Waals surface area contributed by atoms with Gasteiger partial charge >= 0.3 is 7.05 Å². The second-order valence-electron chi connectivity index (χ2n) is 9.20. The summed E-state index contributed by atoms with van der Waals surface area (Å²) >= 11 is 0. The van der Waals surface area contributed by atoms with Crippen molar-refractivity contribution >= 4 is 29.3 Å². The third kappa shape index (κ3) is 2.55. The lowest BCUT2D eigenvalue weighted by molar-refractivity contribution is -0.0918. The average molecular weight is 366 g/mol. The lowest BCUT2D eigenvalue weighted by Gasteiger charge is -2.51. The Labute approximate surface area is 159 Å². The Hall–Kier alpha value is -1.86. The summed E-state index contributed by atoms with van der Waals surface area (Å²) in [6, 6.07) is 2.03. The van der Waals surface area contributed by atoms with Crippen molar-refractivity contribution in [3.63, 3.8) is 0 Å². The molecule has 5 rings (SSSR count). The zero-order valence-electron chi connectivity index (χ0n) is 16.2. The highest BCUT2D eigenvalue weighted by Gasteiger charge is 2.50. The first kappa shape index (κ1) is 17.3. The highest BCUT2D eigenvalue weighted by molar-refractivity contribution is 6.66. The number of nitrogens with one attached hydrogen (secondary N) is 1. The normalized spacial score (nSPS) is 36.0. The summed E-state index contributed by atoms with van der Waals surface area (Å²) < 4.78 is 0. The smallest absolute Gasteiger partial charge is 0.428 e. The van der Waals surface area contributed by atoms with E-state index in [0.29, 0.717) is 17.8 Å². The third-order valence-electron chi connectivity index (χ3n) is 6.98. The van der Waals surface area contributed by atoms with E-state index in [1.54, 1.807) is 11.1 Å². The van der Waals surface area contributed by atoms with Crippen LogP contribution in [-0.4, -0.2) is 50.4 Å². The standard InChI is InChI=1S/C20H27BN4O2/c1-11-6-13-9-20(26,7-11)8-12(2)16(13)18-17-14-4-5-22-19(14)23-10-15(17)21(27)25(3)24-18/h4-5,10-13,16,26-27H,6-9H2,1-3H3,(H,22,23)/t11-,12-,13-,16-,20+/m0/s1. The van der Waals surface area contributed by atoms with Gasteiger partial charge in [0, 0.05) is 41.8 Å². The zero-order valence-corrected chi connectivity index (χ0v) is 16.2. The molecule has 142 valence electrons. The van der Waals surface area contributed by atoms with Gasteiger partial charge in [0.1, 0.15) is 5.65 Å². The van der Waals surface area contributed by atoms with Crippen LogP contribution in [0.15, 0.2) is 23.6 Å². The second kappa shape index (κ2) is 5.82. The van der Waals surface area contributed by atoms with Crippen LogP contribution in [0.3, 0.4) is 0 Å². The Morgan fingerprint density at radius 1 is 1.30 bits per heavy atom. The van der Waals surface area contributed by atoms with E-state index in [2.05, 4.69) is 23.8 Å². The van der Waals surface area contributed by atoms with E-state index in [4.69, 9.17) is 5.10 Å². The van der Waals surface area contributed by atoms with E-state index in [0.717, 1.165) is 53.5 Å². The van der Waals surface area contributed by atoms with Gasteiger partial charge in [-0.25, -0.2) is 4.98 Å². The van der Waals surface area contributed by atoms with E-state index in [1.807, 2.05) is 19.3 Å². The number of rotatable bonds is 1. The molecule has 3 aliphatic rings. The first-order chi connectivity index (χ1) is 12.9. The summed E-state index contributed by atoms with van der Waals surface area (Å²) in [7, 11) is 1.04. The van der Waals surface area contributed by atoms with Crippen molar-refractivity contribution in [1.29, 1.82) is 0 Å². The Kier molecular flexibility index (Phi) is 3.72. The van der Waals surface area contributed by atoms with Crippen molar-refractivity contribution in [1.82, 2.24) is 14.9 Å². The van der Waals surface area contributed by atoms with Crippen LogP contribution in [0, 0.1) is 23.7 Å². The van der Waals surface area contributed by atoms with Gasteiger partial charge < -0.3 is 20.0 Å². The van der Waals surface area contributed by atoms with Gasteiger partial charge in [-0.15, -0.1) is 0 Å². The van der Waals surface area contributed by atoms with Crippen molar-refractivity contribution in [2.24, 2.45) is 28.8 Å². The minimum Gasteiger partial charge on any atom is -0.428 e. The Morgan fingerprint density at radius 2 is 2.11 bits per heavy atom. The van der Waals surface area contributed by atoms with E-state index in [1.165, 1.54) is 0 Å². The summed E-state index contributed by atoms with van der Waals surface area (Å²) in [5, 5.41) is 27.7. The topological polar surface area (TPSA) is 84.7 Å². The molecule has 3 N–H and O–H groups in total. The predicted octanol–water partition coefficient (Wildman–Crippen LogP) is 1.72. The lowest BCUT2D eigenvalue weighted by atomic mass is 9.55. The molecule has 2 saturated carbocycles. The molecule has 2 bridgehead atoms. The van der Waals surface area contributed by atoms with Crippen LogP contribution in [0.2, 0.25) is 0 Å². The fourth-order valence-corrected chi connectivity index (χ4v) is 6.24. The molecule has 2 fully saturated rings. The van der Waals surface area contributed by atoms with E-state index in [9.17, 15) is 10.1 Å². The molecule has 0 amide bonds. The number of aliphatic hydroxyl groups is 1. The van der Waals surface area contributed by atoms with Crippen molar-refractivity contribution < 1.29 is 10.1 Å². The molecule has 27 heavy (non-hydrogen) atoms. The Morgan fingerprint density at radius 3 is 2.93 bits per heavy atom. The molecule has 2 aliphatic carbocycles. The SMILES string of the molecule is C[C@H]1C[C@H]2C[C@@](O)(C1)C[C@H](C)[C@@H]2C1=NN(C)B(O)c2cnc3[nH]ccc3c21. The molecular weight excluding hydrogens is 339 g/mol. The van der Waals surface area contributed by atoms with Crippen LogP contribution < -0.4 is 5.46 Å². The number of fused-ring (bicyclic) bond motifs is 5. The number of H-pyrrole nitrogens is 1. The quantitative estimate of drug-likeness (QED) is 0.671. The molecule has 5 atom stereocenters. The first-order valence-corrected chi connectivity index (χ1v) is 10.0. The summed E-state index contributed by atoms with van der Waals surface area (Å²) in [6.45, 7) is 4.51. The molecule has 7 heteroatoms. The fourth-order valence-electron chi connectivity index (χ4n) is 6.24. The molecule has 0 spiro atoms. The number of nitrogens with zero attached hydrogens (tertiary/aromatic N) is 3. The van der Waals surface area contributed by atoms with Crippen LogP contribution in [0.25, 0.3) is 11.0 Å². The maximum Gasteiger partial charge on any atom is 0.468 e. The van der Waals surface area contributed by atoms with Gasteiger partial charge in [-0.2, -0.15) is 5.10 Å². The van der Waals surface area contributed by atoms with Gasteiger partial charge in [-0.3, -0.25) is 0 Å². The van der Waals surface area contributed by atoms with Crippen LogP contribution >= 0.6 is 0 Å². The van der Waals surface area contributed by atoms with Crippen LogP contribution in [-0.2, 0) is 0 Å². The van der Waals surface area contributed by atoms with Crippen molar-refractivity contribution in [2.45, 2.75) is 45.1 Å². The van der Waals surface area contributed by atoms with E-state index >= 15 is 0 Å². The zero-order chi connectivity index (χ0) is 18.9. The van der Waals surface area contributed by atoms with Gasteiger partial charge in [0.15, 0.2) is 0 Å². The largest absolute Gasteiger partial charge is 0.468 e. The number of hydrazone groups is 1. The van der Waals surface area contributed by atoms with Gasteiger partial charge in [-0.05, 0) is 49.5 Å². The summed E-state index contributed by atoms with van der Waals surface area (Å²) in [5.41, 5.74) is 3.22. The van der Waals surface area contributed by atoms with Crippen LogP contribution in [0.1, 0.15) is 45.1 Å². The van der Waals surface area contributed by atoms with Gasteiger partial charge in [0.05, 0.1) is 11.3 Å². The van der Waals surface area contributed by atoms with Gasteiger partial charge in [-0.1, -0.05) is 13.8 Å². The molecule has 0 aromatic carbocycles. The highest BCUT2D eigenvalue weighted by Crippen LogP contribution is 2.51. The van der Waals surface area contributed by atoms with Crippen molar-refractivity contribution in [2.75, 3.05) is 7.05 Å². The average Bonchev–Trinajstić information content (AvgIpc) is 3.05. The highest BCUT2D eigenvalue weighted by atomic mass is 16.3. The maximum absolute atomic E-state index is 11.1. The van der Waals surface area contributed by atoms with E-state index in [-0.39, 0.29) is 5.92 Å². The number of hydrogen-bond acceptors (Lipinski definition) is 5. The molecule has 2 aromatic heterocycles. The monoisotopic (exact) mass is 366 g/mol. The Balaban J connectivity index is 1.67. The second-order valence-corrected chi connectivity index (χ2v) is 9.20. The fraction of sp³-hybridized carbons (Fsp3) is 0.600. The third-order valence-corrected chi connectivity index (χ3v) is 6.98. The molecule has 0 unspecified atom stereocenters. The molecular formula is C20H27BN4O2. The van der Waals surface area contributed by atoms with E-state index < -0.39 is 12.7 Å². The van der Waals surface area contributed by atoms with Gasteiger partial charge in [0.2, 0.25) is 0 Å². The number of pyridine rings is 1. The van der Waals surface area contributed by atoms with Gasteiger partial charge in [0.25, 0.3) is 0 Å². The minimum absolute atomic E-state index is 0.280. The molecule has 1 aliphatic heterocycles. The number of aromatic nitrogens is 2. The van der Waals surface area contributed by atoms with Crippen molar-refractivity contribution in [3.8, 4) is 0 Å². The molecule has 3 heterocycles.